The van der Waals surface area contributed by atoms with Gasteiger partial charge in [-0.05, 0) is 44.3 Å². The molecule has 0 amide bonds. The standard InChI is InChI=1S/C22H28FN2O7PS2/c1-13(2)30-21(27)14(3)12-33(28,32-15-7-5-4-6-8-15)29-11-16-18(23)19(26)20(31-16)25-10-9-17(34)24-22(25)35/h4-10,13-14,16,18-20,26H,11-12H2,1-3H3,(H,24,34,35)/t14-,16-,18+,19?,20-,33?/m1/s1. The number of aromatic amines is 1. The quantitative estimate of drug-likeness (QED) is 0.248. The van der Waals surface area contributed by atoms with Gasteiger partial charge in [0, 0.05) is 6.20 Å². The minimum Gasteiger partial charge on any atom is -0.463 e. The molecule has 1 saturated heterocycles. The van der Waals surface area contributed by atoms with Crippen molar-refractivity contribution >= 4 is 38.0 Å². The molecule has 0 aliphatic carbocycles. The molecule has 2 aromatic rings. The van der Waals surface area contributed by atoms with Crippen LogP contribution < -0.4 is 4.52 Å². The highest BCUT2D eigenvalue weighted by Crippen LogP contribution is 2.50. The Kier molecular flexibility index (Phi) is 9.36. The van der Waals surface area contributed by atoms with E-state index in [1.807, 2.05) is 0 Å². The van der Waals surface area contributed by atoms with E-state index in [4.69, 9.17) is 43.0 Å². The third-order valence-corrected chi connectivity index (χ3v) is 7.67. The van der Waals surface area contributed by atoms with Crippen molar-refractivity contribution in [1.29, 1.82) is 0 Å². The summed E-state index contributed by atoms with van der Waals surface area (Å²) in [6, 6.07) is 9.81. The smallest absolute Gasteiger partial charge is 0.380 e. The van der Waals surface area contributed by atoms with Gasteiger partial charge in [-0.3, -0.25) is 13.9 Å². The zero-order chi connectivity index (χ0) is 25.8. The van der Waals surface area contributed by atoms with E-state index < -0.39 is 50.7 Å². The van der Waals surface area contributed by atoms with Crippen LogP contribution in [0, 0.1) is 15.3 Å². The molecular formula is C22H28FN2O7PS2. The van der Waals surface area contributed by atoms with Crippen molar-refractivity contribution in [2.45, 2.75) is 51.5 Å². The fourth-order valence-corrected chi connectivity index (χ4v) is 5.77. The average molecular weight is 547 g/mol. The van der Waals surface area contributed by atoms with Crippen LogP contribution in [0.1, 0.15) is 27.0 Å². The van der Waals surface area contributed by atoms with Crippen molar-refractivity contribution in [2.24, 2.45) is 5.92 Å². The first-order valence-electron chi connectivity index (χ1n) is 11.0. The molecular weight excluding hydrogens is 518 g/mol. The number of hydrogen-bond donors (Lipinski definition) is 2. The van der Waals surface area contributed by atoms with E-state index in [0.717, 1.165) is 0 Å². The van der Waals surface area contributed by atoms with Crippen LogP contribution >= 0.6 is 32.0 Å². The van der Waals surface area contributed by atoms with Crippen LogP contribution in [0.25, 0.3) is 0 Å². The van der Waals surface area contributed by atoms with Crippen LogP contribution in [-0.4, -0.2) is 57.9 Å². The summed E-state index contributed by atoms with van der Waals surface area (Å²) in [6.07, 6.45) is -5.01. The van der Waals surface area contributed by atoms with Crippen molar-refractivity contribution < 1.29 is 37.4 Å². The predicted molar refractivity (Wildman–Crippen MR) is 131 cm³/mol. The lowest BCUT2D eigenvalue weighted by molar-refractivity contribution is -0.151. The van der Waals surface area contributed by atoms with Crippen LogP contribution in [0.15, 0.2) is 42.6 Å². The van der Waals surface area contributed by atoms with E-state index >= 15 is 0 Å². The molecule has 1 fully saturated rings. The average Bonchev–Trinajstić information content (AvgIpc) is 3.06. The Bertz CT molecular complexity index is 1180. The van der Waals surface area contributed by atoms with Gasteiger partial charge in [0.05, 0.1) is 24.8 Å². The Labute approximate surface area is 212 Å². The first-order chi connectivity index (χ1) is 16.5. The number of aromatic nitrogens is 2. The minimum atomic E-state index is -3.98. The zero-order valence-corrected chi connectivity index (χ0v) is 21.9. The Morgan fingerprint density at radius 2 is 1.94 bits per heavy atom. The summed E-state index contributed by atoms with van der Waals surface area (Å²) in [6.45, 7) is 4.45. The normalized spacial score (nSPS) is 24.6. The van der Waals surface area contributed by atoms with Crippen molar-refractivity contribution in [3.63, 3.8) is 0 Å². The maximum atomic E-state index is 14.9. The molecule has 0 radical (unpaired) electrons. The first-order valence-corrected chi connectivity index (χ1v) is 13.5. The fourth-order valence-electron chi connectivity index (χ4n) is 3.40. The fraction of sp³-hybridized carbons (Fsp3) is 0.500. The summed E-state index contributed by atoms with van der Waals surface area (Å²) in [7, 11) is -3.98. The van der Waals surface area contributed by atoms with Crippen molar-refractivity contribution in [3.8, 4) is 5.75 Å². The van der Waals surface area contributed by atoms with Crippen LogP contribution in [0.5, 0.6) is 5.75 Å². The minimum absolute atomic E-state index is 0.144. The summed E-state index contributed by atoms with van der Waals surface area (Å²) in [5.41, 5.74) is 0. The SMILES string of the molecule is CC(C)OC(=O)[C@H](C)CP(=O)(OC[C@H]1O[C@@H](n2ccc(=S)[nH]c2=S)C(O)[C@H]1F)Oc1ccccc1. The Balaban J connectivity index is 1.75. The summed E-state index contributed by atoms with van der Waals surface area (Å²) < 4.78 is 52.5. The van der Waals surface area contributed by atoms with Crippen LogP contribution in [0.4, 0.5) is 4.39 Å². The monoisotopic (exact) mass is 546 g/mol. The number of aliphatic hydroxyl groups is 1. The number of halogens is 1. The second-order valence-corrected chi connectivity index (χ2v) is 11.3. The molecule has 13 heteroatoms. The predicted octanol–water partition coefficient (Wildman–Crippen LogP) is 4.75. The van der Waals surface area contributed by atoms with Crippen molar-refractivity contribution in [3.05, 3.63) is 52.0 Å². The molecule has 0 saturated carbocycles. The van der Waals surface area contributed by atoms with Gasteiger partial charge in [0.15, 0.2) is 17.2 Å². The second kappa shape index (κ2) is 11.9. The van der Waals surface area contributed by atoms with E-state index in [2.05, 4.69) is 4.98 Å². The molecule has 1 aromatic carbocycles. The number of hydrogen-bond acceptors (Lipinski definition) is 9. The summed E-state index contributed by atoms with van der Waals surface area (Å²) in [4.78, 5) is 15.0. The highest BCUT2D eigenvalue weighted by Gasteiger charge is 2.46. The summed E-state index contributed by atoms with van der Waals surface area (Å²) in [5.74, 6) is -1.12. The number of benzene rings is 1. The topological polar surface area (TPSA) is 112 Å². The highest BCUT2D eigenvalue weighted by molar-refractivity contribution is 7.72. The molecule has 2 heterocycles. The molecule has 35 heavy (non-hydrogen) atoms. The molecule has 9 nitrogen and oxygen atoms in total. The lowest BCUT2D eigenvalue weighted by Crippen LogP contribution is -2.31. The van der Waals surface area contributed by atoms with E-state index in [0.29, 0.717) is 4.64 Å². The number of ether oxygens (including phenoxy) is 2. The molecule has 3 rings (SSSR count). The highest BCUT2D eigenvalue weighted by atomic mass is 32.1. The molecule has 2 N–H and O–H groups in total. The third-order valence-electron chi connectivity index (χ3n) is 5.09. The van der Waals surface area contributed by atoms with Gasteiger partial charge in [-0.1, -0.05) is 37.3 Å². The summed E-state index contributed by atoms with van der Waals surface area (Å²) >= 11 is 10.2. The maximum absolute atomic E-state index is 14.9. The largest absolute Gasteiger partial charge is 0.463 e. The van der Waals surface area contributed by atoms with Gasteiger partial charge in [0.25, 0.3) is 0 Å². The number of nitrogens with zero attached hydrogens (tertiary/aromatic N) is 1. The van der Waals surface area contributed by atoms with E-state index in [1.165, 1.54) is 16.8 Å². The van der Waals surface area contributed by atoms with Gasteiger partial charge in [-0.2, -0.15) is 0 Å². The number of carbonyl (C=O) groups is 1. The number of aliphatic hydroxyl groups excluding tert-OH is 1. The number of para-hydroxylation sites is 1. The molecule has 0 spiro atoms. The van der Waals surface area contributed by atoms with Crippen LogP contribution in [-0.2, 0) is 23.4 Å². The van der Waals surface area contributed by atoms with Gasteiger partial charge in [-0.25, -0.2) is 8.96 Å². The lowest BCUT2D eigenvalue weighted by Gasteiger charge is -2.24. The van der Waals surface area contributed by atoms with Gasteiger partial charge in [0.1, 0.15) is 22.6 Å². The van der Waals surface area contributed by atoms with E-state index in [-0.39, 0.29) is 22.8 Å². The van der Waals surface area contributed by atoms with Crippen molar-refractivity contribution in [2.75, 3.05) is 12.8 Å². The molecule has 6 atom stereocenters. The number of alkyl halides is 1. The van der Waals surface area contributed by atoms with Gasteiger partial charge in [-0.15, -0.1) is 0 Å². The van der Waals surface area contributed by atoms with E-state index in [9.17, 15) is 18.9 Å². The van der Waals surface area contributed by atoms with E-state index in [1.54, 1.807) is 51.1 Å². The molecule has 192 valence electrons. The number of carbonyl (C=O) groups excluding carboxylic acids is 1. The Hall–Kier alpha value is -1.95. The van der Waals surface area contributed by atoms with Crippen LogP contribution in [0.2, 0.25) is 0 Å². The molecule has 0 bridgehead atoms. The number of H-pyrrole nitrogens is 1. The second-order valence-electron chi connectivity index (χ2n) is 8.40. The molecule has 1 aliphatic rings. The Morgan fingerprint density at radius 1 is 1.26 bits per heavy atom. The van der Waals surface area contributed by atoms with Gasteiger partial charge in [0.2, 0.25) is 0 Å². The molecule has 1 aromatic heterocycles. The lowest BCUT2D eigenvalue weighted by atomic mass is 10.1. The van der Waals surface area contributed by atoms with Crippen LogP contribution in [0.3, 0.4) is 0 Å². The molecule has 2 unspecified atom stereocenters. The Morgan fingerprint density at radius 3 is 2.57 bits per heavy atom. The van der Waals surface area contributed by atoms with Crippen molar-refractivity contribution in [1.82, 2.24) is 9.55 Å². The number of esters is 1. The van der Waals surface area contributed by atoms with Gasteiger partial charge < -0.3 is 24.1 Å². The third kappa shape index (κ3) is 7.28. The van der Waals surface area contributed by atoms with Gasteiger partial charge >= 0.3 is 13.6 Å². The number of rotatable bonds is 10. The maximum Gasteiger partial charge on any atom is 0.380 e. The molecule has 1 aliphatic heterocycles. The first kappa shape index (κ1) is 27.6. The summed E-state index contributed by atoms with van der Waals surface area (Å²) in [5, 5.41) is 10.4. The number of nitrogens with one attached hydrogen (secondary N) is 1. The zero-order valence-electron chi connectivity index (χ0n) is 19.4.